The standard InChI is InChI=1S/C16H24N2O3S/c19-22(20)9-5-14(10-17-6-1-2-7-17)16(22)12-18(13-16)11-15-4-3-8-21-15/h3-4,8,14H,1-2,5-7,9-13H2. The molecule has 22 heavy (non-hydrogen) atoms. The number of hydrogen-bond donors (Lipinski definition) is 0. The molecular weight excluding hydrogens is 300 g/mol. The van der Waals surface area contributed by atoms with E-state index in [1.165, 1.54) is 12.8 Å². The smallest absolute Gasteiger partial charge is 0.158 e. The molecule has 3 saturated heterocycles. The highest BCUT2D eigenvalue weighted by Crippen LogP contribution is 2.45. The van der Waals surface area contributed by atoms with Crippen LogP contribution in [0, 0.1) is 5.92 Å². The van der Waals surface area contributed by atoms with Crippen LogP contribution in [0.15, 0.2) is 22.8 Å². The monoisotopic (exact) mass is 324 g/mol. The van der Waals surface area contributed by atoms with Gasteiger partial charge in [-0.25, -0.2) is 8.42 Å². The van der Waals surface area contributed by atoms with Crippen molar-refractivity contribution in [3.63, 3.8) is 0 Å². The van der Waals surface area contributed by atoms with Crippen LogP contribution in [0.1, 0.15) is 25.0 Å². The predicted octanol–water partition coefficient (Wildman–Crippen LogP) is 1.36. The third-order valence-electron chi connectivity index (χ3n) is 5.72. The molecule has 0 bridgehead atoms. The van der Waals surface area contributed by atoms with Gasteiger partial charge in [-0.1, -0.05) is 0 Å². The molecule has 1 aromatic heterocycles. The molecule has 0 aromatic carbocycles. The highest BCUT2D eigenvalue weighted by molar-refractivity contribution is 7.93. The number of hydrogen-bond acceptors (Lipinski definition) is 5. The Hall–Kier alpha value is -0.850. The molecule has 6 heteroatoms. The van der Waals surface area contributed by atoms with E-state index in [0.29, 0.717) is 24.8 Å². The molecule has 1 atom stereocenters. The summed E-state index contributed by atoms with van der Waals surface area (Å²) in [5.41, 5.74) is 0. The minimum Gasteiger partial charge on any atom is -0.468 e. The molecule has 4 rings (SSSR count). The first-order chi connectivity index (χ1) is 10.6. The molecule has 0 radical (unpaired) electrons. The van der Waals surface area contributed by atoms with Crippen LogP contribution in [0.5, 0.6) is 0 Å². The molecule has 3 fully saturated rings. The Balaban J connectivity index is 1.45. The molecular formula is C16H24N2O3S. The summed E-state index contributed by atoms with van der Waals surface area (Å²) in [5, 5.41) is 0. The Morgan fingerprint density at radius 3 is 2.68 bits per heavy atom. The van der Waals surface area contributed by atoms with Crippen molar-refractivity contribution in [2.45, 2.75) is 30.6 Å². The van der Waals surface area contributed by atoms with Crippen LogP contribution in [0.4, 0.5) is 0 Å². The lowest BCUT2D eigenvalue weighted by molar-refractivity contribution is 0.0598. The Kier molecular flexibility index (Phi) is 3.58. The summed E-state index contributed by atoms with van der Waals surface area (Å²) in [7, 11) is -2.95. The van der Waals surface area contributed by atoms with Crippen molar-refractivity contribution >= 4 is 9.84 Å². The molecule has 5 nitrogen and oxygen atoms in total. The van der Waals surface area contributed by atoms with Crippen molar-refractivity contribution in [2.75, 3.05) is 38.5 Å². The zero-order valence-electron chi connectivity index (χ0n) is 12.9. The topological polar surface area (TPSA) is 53.8 Å². The SMILES string of the molecule is O=S1(=O)CCC(CN2CCCC2)C12CN(Cc1ccco1)C2. The summed E-state index contributed by atoms with van der Waals surface area (Å²) in [6.45, 7) is 5.32. The number of furan rings is 1. The van der Waals surface area contributed by atoms with E-state index in [9.17, 15) is 8.42 Å². The largest absolute Gasteiger partial charge is 0.468 e. The molecule has 3 aliphatic rings. The molecule has 1 unspecified atom stereocenters. The number of likely N-dealkylation sites (tertiary alicyclic amines) is 2. The third kappa shape index (κ3) is 2.32. The Labute approximate surface area is 132 Å². The fraction of sp³-hybridized carbons (Fsp3) is 0.750. The lowest BCUT2D eigenvalue weighted by Gasteiger charge is -2.50. The Bertz CT molecular complexity index is 614. The number of rotatable bonds is 4. The zero-order chi connectivity index (χ0) is 15.2. The molecule has 4 heterocycles. The fourth-order valence-corrected chi connectivity index (χ4v) is 6.91. The van der Waals surface area contributed by atoms with E-state index < -0.39 is 14.6 Å². The first-order valence-corrected chi connectivity index (χ1v) is 9.94. The van der Waals surface area contributed by atoms with Crippen LogP contribution in [0.25, 0.3) is 0 Å². The average molecular weight is 324 g/mol. The Morgan fingerprint density at radius 2 is 2.00 bits per heavy atom. The minimum absolute atomic E-state index is 0.309. The van der Waals surface area contributed by atoms with Crippen LogP contribution in [-0.2, 0) is 16.4 Å². The van der Waals surface area contributed by atoms with Gasteiger partial charge in [-0.3, -0.25) is 4.90 Å². The molecule has 0 amide bonds. The number of nitrogens with zero attached hydrogens (tertiary/aromatic N) is 2. The quantitative estimate of drug-likeness (QED) is 0.837. The van der Waals surface area contributed by atoms with Gasteiger partial charge in [0.05, 0.1) is 18.6 Å². The van der Waals surface area contributed by atoms with Gasteiger partial charge >= 0.3 is 0 Å². The van der Waals surface area contributed by atoms with Crippen molar-refractivity contribution < 1.29 is 12.8 Å². The van der Waals surface area contributed by atoms with Gasteiger partial charge in [0.1, 0.15) is 10.5 Å². The second kappa shape index (κ2) is 5.35. The Morgan fingerprint density at radius 1 is 1.23 bits per heavy atom. The maximum Gasteiger partial charge on any atom is 0.158 e. The molecule has 1 aromatic rings. The van der Waals surface area contributed by atoms with Gasteiger partial charge in [0, 0.05) is 19.6 Å². The van der Waals surface area contributed by atoms with Gasteiger partial charge in [0.2, 0.25) is 0 Å². The second-order valence-corrected chi connectivity index (χ2v) is 9.55. The molecule has 0 saturated carbocycles. The van der Waals surface area contributed by atoms with Crippen molar-refractivity contribution in [3.05, 3.63) is 24.2 Å². The van der Waals surface area contributed by atoms with Gasteiger partial charge in [0.25, 0.3) is 0 Å². The minimum atomic E-state index is -2.95. The first kappa shape index (κ1) is 14.7. The van der Waals surface area contributed by atoms with Crippen molar-refractivity contribution in [1.29, 1.82) is 0 Å². The summed E-state index contributed by atoms with van der Waals surface area (Å²) in [6, 6.07) is 3.84. The summed E-state index contributed by atoms with van der Waals surface area (Å²) >= 11 is 0. The summed E-state index contributed by atoms with van der Waals surface area (Å²) in [6.07, 6.45) is 5.04. The third-order valence-corrected chi connectivity index (χ3v) is 8.32. The highest BCUT2D eigenvalue weighted by atomic mass is 32.2. The van der Waals surface area contributed by atoms with Crippen molar-refractivity contribution in [3.8, 4) is 0 Å². The second-order valence-electron chi connectivity index (χ2n) is 7.10. The predicted molar refractivity (Wildman–Crippen MR) is 84.3 cm³/mol. The van der Waals surface area contributed by atoms with E-state index in [-0.39, 0.29) is 0 Å². The molecule has 1 spiro atoms. The van der Waals surface area contributed by atoms with E-state index in [4.69, 9.17) is 4.42 Å². The zero-order valence-corrected chi connectivity index (χ0v) is 13.7. The molecule has 0 aliphatic carbocycles. The normalized spacial score (nSPS) is 30.8. The average Bonchev–Trinajstić information content (AvgIpc) is 3.14. The first-order valence-electron chi connectivity index (χ1n) is 8.28. The lowest BCUT2D eigenvalue weighted by Crippen LogP contribution is -2.67. The van der Waals surface area contributed by atoms with Crippen molar-refractivity contribution in [2.24, 2.45) is 5.92 Å². The lowest BCUT2D eigenvalue weighted by atomic mass is 9.82. The van der Waals surface area contributed by atoms with E-state index >= 15 is 0 Å². The van der Waals surface area contributed by atoms with Crippen LogP contribution in [0.3, 0.4) is 0 Å². The summed E-state index contributed by atoms with van der Waals surface area (Å²) in [5.74, 6) is 1.60. The van der Waals surface area contributed by atoms with Crippen molar-refractivity contribution in [1.82, 2.24) is 9.80 Å². The van der Waals surface area contributed by atoms with E-state index in [2.05, 4.69) is 9.80 Å². The van der Waals surface area contributed by atoms with Crippen LogP contribution in [-0.4, -0.2) is 61.4 Å². The molecule has 3 aliphatic heterocycles. The van der Waals surface area contributed by atoms with Gasteiger partial charge in [-0.2, -0.15) is 0 Å². The number of sulfone groups is 1. The van der Waals surface area contributed by atoms with E-state index in [0.717, 1.165) is 38.4 Å². The summed E-state index contributed by atoms with van der Waals surface area (Å²) in [4.78, 5) is 4.67. The van der Waals surface area contributed by atoms with E-state index in [1.807, 2.05) is 12.1 Å². The highest BCUT2D eigenvalue weighted by Gasteiger charge is 2.61. The van der Waals surface area contributed by atoms with Crippen LogP contribution >= 0.6 is 0 Å². The van der Waals surface area contributed by atoms with Crippen LogP contribution < -0.4 is 0 Å². The molecule has 122 valence electrons. The van der Waals surface area contributed by atoms with Gasteiger partial charge in [0.15, 0.2) is 9.84 Å². The summed E-state index contributed by atoms with van der Waals surface area (Å²) < 4.78 is 30.2. The van der Waals surface area contributed by atoms with Crippen LogP contribution in [0.2, 0.25) is 0 Å². The molecule has 0 N–H and O–H groups in total. The van der Waals surface area contributed by atoms with E-state index in [1.54, 1.807) is 6.26 Å². The van der Waals surface area contributed by atoms with Gasteiger partial charge in [-0.05, 0) is 50.4 Å². The van der Waals surface area contributed by atoms with Gasteiger partial charge in [-0.15, -0.1) is 0 Å². The maximum absolute atomic E-state index is 12.6. The maximum atomic E-state index is 12.6. The van der Waals surface area contributed by atoms with Gasteiger partial charge < -0.3 is 9.32 Å². The fourth-order valence-electron chi connectivity index (χ4n) is 4.45.